The first-order chi connectivity index (χ1) is 11.2. The highest BCUT2D eigenvalue weighted by Crippen LogP contribution is 2.29. The third kappa shape index (κ3) is 2.77. The molecule has 2 aliphatic heterocycles. The van der Waals surface area contributed by atoms with Crippen molar-refractivity contribution in [3.05, 3.63) is 29.2 Å². The van der Waals surface area contributed by atoms with Crippen molar-refractivity contribution >= 4 is 23.6 Å². The smallest absolute Gasteiger partial charge is 0.326 e. The first-order valence-electron chi connectivity index (χ1n) is 7.57. The van der Waals surface area contributed by atoms with Gasteiger partial charge in [-0.25, -0.2) is 14.8 Å². The van der Waals surface area contributed by atoms with Crippen LogP contribution in [-0.2, 0) is 11.3 Å². The van der Waals surface area contributed by atoms with Crippen LogP contribution in [0.25, 0.3) is 11.3 Å². The molecule has 2 aliphatic rings. The molecule has 2 aromatic heterocycles. The molecule has 4 heterocycles. The van der Waals surface area contributed by atoms with Gasteiger partial charge in [0, 0.05) is 36.7 Å². The Kier molecular flexibility index (Phi) is 3.66. The lowest BCUT2D eigenvalue weighted by Crippen LogP contribution is -2.28. The highest BCUT2D eigenvalue weighted by atomic mass is 35.5. The van der Waals surface area contributed by atoms with E-state index in [-0.39, 0.29) is 6.03 Å². The van der Waals surface area contributed by atoms with Gasteiger partial charge in [-0.05, 0) is 18.9 Å². The molecule has 2 N–H and O–H groups in total. The summed E-state index contributed by atoms with van der Waals surface area (Å²) in [5.74, 6) is 0.548. The molecule has 0 bridgehead atoms. The van der Waals surface area contributed by atoms with Crippen molar-refractivity contribution < 1.29 is 9.53 Å². The van der Waals surface area contributed by atoms with Crippen LogP contribution in [0.5, 0.6) is 0 Å². The average molecular weight is 334 g/mol. The zero-order chi connectivity index (χ0) is 15.8. The maximum atomic E-state index is 11.7. The van der Waals surface area contributed by atoms with Crippen molar-refractivity contribution in [3.63, 3.8) is 0 Å². The minimum atomic E-state index is -0.128. The number of carbonyl (C=O) groups excluding carboxylic acids is 1. The highest BCUT2D eigenvalue weighted by molar-refractivity contribution is 6.32. The largest absolute Gasteiger partial charge is 0.381 e. The molecule has 0 spiro atoms. The molecule has 0 aliphatic carbocycles. The molecule has 0 saturated carbocycles. The molecule has 0 radical (unpaired) electrons. The molecule has 1 amide bonds. The fourth-order valence-corrected chi connectivity index (χ4v) is 3.08. The lowest BCUT2D eigenvalue weighted by Gasteiger charge is -2.23. The molecule has 23 heavy (non-hydrogen) atoms. The van der Waals surface area contributed by atoms with Crippen LogP contribution in [0.4, 0.5) is 10.7 Å². The van der Waals surface area contributed by atoms with Gasteiger partial charge in [0.1, 0.15) is 0 Å². The number of ether oxygens (including phenoxy) is 1. The number of fused-ring (bicyclic) bond motifs is 1. The van der Waals surface area contributed by atoms with E-state index in [2.05, 4.69) is 20.6 Å². The van der Waals surface area contributed by atoms with E-state index in [1.807, 2.05) is 6.07 Å². The van der Waals surface area contributed by atoms with E-state index in [4.69, 9.17) is 16.3 Å². The minimum absolute atomic E-state index is 0.128. The van der Waals surface area contributed by atoms with Crippen LogP contribution < -0.4 is 10.6 Å². The molecule has 120 valence electrons. The summed E-state index contributed by atoms with van der Waals surface area (Å²) in [6.45, 7) is 2.02. The van der Waals surface area contributed by atoms with E-state index in [1.54, 1.807) is 17.0 Å². The third-order valence-corrected chi connectivity index (χ3v) is 4.39. The fraction of sp³-hybridized carbons (Fsp3) is 0.400. The molecule has 1 fully saturated rings. The zero-order valence-corrected chi connectivity index (χ0v) is 13.1. The van der Waals surface area contributed by atoms with Gasteiger partial charge in [0.05, 0.1) is 23.5 Å². The van der Waals surface area contributed by atoms with E-state index in [9.17, 15) is 4.79 Å². The molecular weight excluding hydrogens is 318 g/mol. The lowest BCUT2D eigenvalue weighted by molar-refractivity contribution is 0.0903. The maximum Gasteiger partial charge on any atom is 0.326 e. The number of hydrogen-bond acceptors (Lipinski definition) is 5. The van der Waals surface area contributed by atoms with E-state index in [1.165, 1.54) is 0 Å². The van der Waals surface area contributed by atoms with Gasteiger partial charge < -0.3 is 15.4 Å². The van der Waals surface area contributed by atoms with Crippen molar-refractivity contribution in [1.82, 2.24) is 19.9 Å². The van der Waals surface area contributed by atoms with Crippen molar-refractivity contribution in [2.75, 3.05) is 18.5 Å². The van der Waals surface area contributed by atoms with Gasteiger partial charge >= 0.3 is 6.03 Å². The zero-order valence-electron chi connectivity index (χ0n) is 12.4. The number of amides is 1. The molecule has 8 heteroatoms. The number of carbonyl (C=O) groups is 1. The van der Waals surface area contributed by atoms with Crippen molar-refractivity contribution in [2.45, 2.75) is 25.4 Å². The van der Waals surface area contributed by atoms with Crippen LogP contribution in [0.1, 0.15) is 18.5 Å². The number of anilines is 1. The highest BCUT2D eigenvalue weighted by Gasteiger charge is 2.21. The molecule has 1 saturated heterocycles. The maximum absolute atomic E-state index is 11.7. The predicted octanol–water partition coefficient (Wildman–Crippen LogP) is 2.26. The number of nitrogens with one attached hydrogen (secondary N) is 2. The molecule has 4 rings (SSSR count). The van der Waals surface area contributed by atoms with Gasteiger partial charge in [0.2, 0.25) is 5.95 Å². The summed E-state index contributed by atoms with van der Waals surface area (Å²) >= 11 is 6.25. The number of rotatable bonds is 3. The standard InChI is InChI=1S/C15H16ClN5O2/c16-12-7-17-14(19-10-1-3-23-4-2-10)20-13(12)9-5-11-6-18-15(22)21(11)8-9/h5,7-8,10H,1-4,6H2,(H,18,22)(H,17,19,20). The van der Waals surface area contributed by atoms with Crippen LogP contribution in [0, 0.1) is 0 Å². The Morgan fingerprint density at radius 1 is 1.39 bits per heavy atom. The van der Waals surface area contributed by atoms with Crippen LogP contribution in [-0.4, -0.2) is 39.8 Å². The van der Waals surface area contributed by atoms with Crippen LogP contribution >= 0.6 is 11.6 Å². The normalized spacial score (nSPS) is 17.9. The Morgan fingerprint density at radius 2 is 2.22 bits per heavy atom. The minimum Gasteiger partial charge on any atom is -0.381 e. The van der Waals surface area contributed by atoms with Crippen molar-refractivity contribution in [2.24, 2.45) is 0 Å². The monoisotopic (exact) mass is 333 g/mol. The Labute approximate surface area is 138 Å². The summed E-state index contributed by atoms with van der Waals surface area (Å²) < 4.78 is 6.93. The molecule has 0 unspecified atom stereocenters. The summed E-state index contributed by atoms with van der Waals surface area (Å²) in [5.41, 5.74) is 2.35. The Balaban J connectivity index is 1.61. The molecule has 0 aromatic carbocycles. The number of hydrogen-bond donors (Lipinski definition) is 2. The third-order valence-electron chi connectivity index (χ3n) is 4.11. The first kappa shape index (κ1) is 14.5. The van der Waals surface area contributed by atoms with Crippen LogP contribution in [0.15, 0.2) is 18.5 Å². The van der Waals surface area contributed by atoms with Gasteiger partial charge in [-0.2, -0.15) is 0 Å². The second-order valence-electron chi connectivity index (χ2n) is 5.67. The Morgan fingerprint density at radius 3 is 3.00 bits per heavy atom. The van der Waals surface area contributed by atoms with Crippen molar-refractivity contribution in [3.8, 4) is 11.3 Å². The van der Waals surface area contributed by atoms with Crippen molar-refractivity contribution in [1.29, 1.82) is 0 Å². The molecule has 0 atom stereocenters. The van der Waals surface area contributed by atoms with E-state index < -0.39 is 0 Å². The lowest BCUT2D eigenvalue weighted by atomic mass is 10.1. The van der Waals surface area contributed by atoms with E-state index >= 15 is 0 Å². The quantitative estimate of drug-likeness (QED) is 0.900. The van der Waals surface area contributed by atoms with Gasteiger partial charge in [-0.3, -0.25) is 4.57 Å². The summed E-state index contributed by atoms with van der Waals surface area (Å²) in [4.78, 5) is 20.5. The Bertz CT molecular complexity index is 754. The van der Waals surface area contributed by atoms with Gasteiger partial charge in [0.15, 0.2) is 0 Å². The second kappa shape index (κ2) is 5.82. The molecule has 2 aromatic rings. The van der Waals surface area contributed by atoms with Gasteiger partial charge in [-0.15, -0.1) is 0 Å². The average Bonchev–Trinajstić information content (AvgIpc) is 3.13. The fourth-order valence-electron chi connectivity index (χ4n) is 2.88. The molecule has 7 nitrogen and oxygen atoms in total. The number of halogens is 1. The SMILES string of the molecule is O=C1NCc2cc(-c3nc(NC4CCOCC4)ncc3Cl)cn21. The summed E-state index contributed by atoms with van der Waals surface area (Å²) in [6.07, 6.45) is 5.21. The summed E-state index contributed by atoms with van der Waals surface area (Å²) in [5, 5.41) is 6.55. The van der Waals surface area contributed by atoms with Gasteiger partial charge in [-0.1, -0.05) is 11.6 Å². The van der Waals surface area contributed by atoms with Gasteiger partial charge in [0.25, 0.3) is 0 Å². The summed E-state index contributed by atoms with van der Waals surface area (Å²) in [6, 6.07) is 2.10. The number of aromatic nitrogens is 3. The molecular formula is C15H16ClN5O2. The van der Waals surface area contributed by atoms with Crippen LogP contribution in [0.2, 0.25) is 5.02 Å². The predicted molar refractivity (Wildman–Crippen MR) is 85.6 cm³/mol. The summed E-state index contributed by atoms with van der Waals surface area (Å²) in [7, 11) is 0. The first-order valence-corrected chi connectivity index (χ1v) is 7.95. The van der Waals surface area contributed by atoms with E-state index in [0.717, 1.165) is 37.3 Å². The second-order valence-corrected chi connectivity index (χ2v) is 6.08. The van der Waals surface area contributed by atoms with Crippen LogP contribution in [0.3, 0.4) is 0 Å². The topological polar surface area (TPSA) is 81.1 Å². The Hall–Kier alpha value is -2.12. The van der Waals surface area contributed by atoms with E-state index in [0.29, 0.717) is 29.3 Å². The number of nitrogens with zero attached hydrogens (tertiary/aromatic N) is 3.